The number of carbonyl (C=O) groups is 3. The van der Waals surface area contributed by atoms with Crippen LogP contribution in [-0.2, 0) is 14.4 Å². The summed E-state index contributed by atoms with van der Waals surface area (Å²) >= 11 is 1.46. The smallest absolute Gasteiger partial charge is 0.303 e. The number of hydrogen-bond donors (Lipinski definition) is 3. The Balaban J connectivity index is 1.75. The topological polar surface area (TPSA) is 112 Å². The molecular weight excluding hydrogens is 356 g/mol. The SMILES string of the molecule is Cc1nc(NC(=O)CN2CCCC(C(=O)NCCCC(=O)O)C2)sc1C. The van der Waals surface area contributed by atoms with Crippen LogP contribution in [-0.4, -0.2) is 59.0 Å². The first-order valence-corrected chi connectivity index (χ1v) is 9.62. The minimum Gasteiger partial charge on any atom is -0.481 e. The number of carboxylic acid groups (broad SMARTS) is 1. The van der Waals surface area contributed by atoms with Crippen LogP contribution in [0, 0.1) is 19.8 Å². The number of aliphatic carboxylic acids is 1. The van der Waals surface area contributed by atoms with Gasteiger partial charge in [0.2, 0.25) is 11.8 Å². The van der Waals surface area contributed by atoms with Crippen LogP contribution in [0.15, 0.2) is 0 Å². The largest absolute Gasteiger partial charge is 0.481 e. The number of piperidine rings is 1. The maximum Gasteiger partial charge on any atom is 0.303 e. The number of aromatic nitrogens is 1. The van der Waals surface area contributed by atoms with Crippen molar-refractivity contribution in [3.63, 3.8) is 0 Å². The second kappa shape index (κ2) is 9.63. The fourth-order valence-electron chi connectivity index (χ4n) is 2.90. The third-order valence-electron chi connectivity index (χ3n) is 4.39. The molecule has 0 aromatic carbocycles. The van der Waals surface area contributed by atoms with E-state index >= 15 is 0 Å². The van der Waals surface area contributed by atoms with Crippen molar-refractivity contribution in [2.75, 3.05) is 31.5 Å². The summed E-state index contributed by atoms with van der Waals surface area (Å²) in [4.78, 5) is 42.3. The van der Waals surface area contributed by atoms with Crippen molar-refractivity contribution in [3.05, 3.63) is 10.6 Å². The minimum atomic E-state index is -0.861. The van der Waals surface area contributed by atoms with Gasteiger partial charge in [0.25, 0.3) is 0 Å². The number of rotatable bonds is 8. The van der Waals surface area contributed by atoms with Gasteiger partial charge in [-0.2, -0.15) is 0 Å². The summed E-state index contributed by atoms with van der Waals surface area (Å²) in [5.41, 5.74) is 0.919. The van der Waals surface area contributed by atoms with Crippen LogP contribution in [0.1, 0.15) is 36.3 Å². The van der Waals surface area contributed by atoms with E-state index in [1.54, 1.807) is 0 Å². The molecule has 1 fully saturated rings. The highest BCUT2D eigenvalue weighted by Crippen LogP contribution is 2.21. The molecule has 3 N–H and O–H groups in total. The first-order chi connectivity index (χ1) is 12.3. The van der Waals surface area contributed by atoms with Gasteiger partial charge < -0.3 is 15.7 Å². The van der Waals surface area contributed by atoms with E-state index in [4.69, 9.17) is 5.11 Å². The lowest BCUT2D eigenvalue weighted by Crippen LogP contribution is -2.45. The van der Waals surface area contributed by atoms with Gasteiger partial charge in [-0.25, -0.2) is 4.98 Å². The van der Waals surface area contributed by atoms with Crippen LogP contribution in [0.5, 0.6) is 0 Å². The molecule has 0 radical (unpaired) electrons. The molecule has 144 valence electrons. The summed E-state index contributed by atoms with van der Waals surface area (Å²) in [5, 5.41) is 14.8. The van der Waals surface area contributed by atoms with Crippen LogP contribution >= 0.6 is 11.3 Å². The van der Waals surface area contributed by atoms with Crippen molar-refractivity contribution < 1.29 is 19.5 Å². The number of carboxylic acids is 1. The predicted molar refractivity (Wildman–Crippen MR) is 99.3 cm³/mol. The quantitative estimate of drug-likeness (QED) is 0.586. The number of nitrogens with one attached hydrogen (secondary N) is 2. The predicted octanol–water partition coefficient (Wildman–Crippen LogP) is 1.39. The Labute approximate surface area is 157 Å². The maximum atomic E-state index is 12.2. The van der Waals surface area contributed by atoms with Gasteiger partial charge in [-0.15, -0.1) is 11.3 Å². The van der Waals surface area contributed by atoms with E-state index in [0.29, 0.717) is 24.6 Å². The Kier molecular flexibility index (Phi) is 7.52. The second-order valence-corrected chi connectivity index (χ2v) is 7.77. The molecular formula is C17H26N4O4S. The van der Waals surface area contributed by atoms with Gasteiger partial charge in [0.05, 0.1) is 18.2 Å². The zero-order chi connectivity index (χ0) is 19.1. The van der Waals surface area contributed by atoms with Crippen LogP contribution in [0.4, 0.5) is 5.13 Å². The zero-order valence-corrected chi connectivity index (χ0v) is 16.0. The highest BCUT2D eigenvalue weighted by atomic mass is 32.1. The number of anilines is 1. The number of likely N-dealkylation sites (tertiary alicyclic amines) is 1. The molecule has 26 heavy (non-hydrogen) atoms. The molecule has 2 rings (SSSR count). The summed E-state index contributed by atoms with van der Waals surface area (Å²) in [6, 6.07) is 0. The van der Waals surface area contributed by atoms with Crippen LogP contribution in [0.25, 0.3) is 0 Å². The molecule has 2 amide bonds. The Morgan fingerprint density at radius 3 is 2.77 bits per heavy atom. The first kappa shape index (κ1) is 20.3. The molecule has 8 nitrogen and oxygen atoms in total. The van der Waals surface area contributed by atoms with Crippen molar-refractivity contribution in [2.45, 2.75) is 39.5 Å². The number of carbonyl (C=O) groups excluding carboxylic acids is 2. The molecule has 2 heterocycles. The lowest BCUT2D eigenvalue weighted by atomic mass is 9.97. The van der Waals surface area contributed by atoms with Crippen molar-refractivity contribution in [1.29, 1.82) is 0 Å². The van der Waals surface area contributed by atoms with Gasteiger partial charge in [-0.1, -0.05) is 0 Å². The van der Waals surface area contributed by atoms with Gasteiger partial charge in [0, 0.05) is 24.4 Å². The number of aryl methyl sites for hydroxylation is 2. The van der Waals surface area contributed by atoms with Crippen LogP contribution in [0.2, 0.25) is 0 Å². The van der Waals surface area contributed by atoms with Gasteiger partial charge in [0.1, 0.15) is 0 Å². The molecule has 0 spiro atoms. The molecule has 9 heteroatoms. The molecule has 0 aliphatic carbocycles. The fraction of sp³-hybridized carbons (Fsp3) is 0.647. The number of thiazole rings is 1. The molecule has 0 saturated carbocycles. The summed E-state index contributed by atoms with van der Waals surface area (Å²) in [6.07, 6.45) is 2.11. The van der Waals surface area contributed by atoms with E-state index in [-0.39, 0.29) is 30.7 Å². The minimum absolute atomic E-state index is 0.0486. The average Bonchev–Trinajstić information content (AvgIpc) is 2.88. The van der Waals surface area contributed by atoms with Gasteiger partial charge in [-0.05, 0) is 39.7 Å². The van der Waals surface area contributed by atoms with E-state index < -0.39 is 5.97 Å². The highest BCUT2D eigenvalue weighted by molar-refractivity contribution is 7.15. The third kappa shape index (κ3) is 6.38. The molecule has 1 aromatic rings. The highest BCUT2D eigenvalue weighted by Gasteiger charge is 2.26. The van der Waals surface area contributed by atoms with Gasteiger partial charge >= 0.3 is 5.97 Å². The molecule has 1 unspecified atom stereocenters. The fourth-order valence-corrected chi connectivity index (χ4v) is 3.73. The second-order valence-electron chi connectivity index (χ2n) is 6.57. The van der Waals surface area contributed by atoms with E-state index in [2.05, 4.69) is 15.6 Å². The standard InChI is InChI=1S/C17H26N4O4S/c1-11-12(2)26-17(19-11)20-14(22)10-21-8-4-5-13(9-21)16(25)18-7-3-6-15(23)24/h13H,3-10H2,1-2H3,(H,18,25)(H,23,24)(H,19,20,22). The lowest BCUT2D eigenvalue weighted by molar-refractivity contribution is -0.137. The van der Waals surface area contributed by atoms with Gasteiger partial charge in [-0.3, -0.25) is 19.3 Å². The molecule has 0 bridgehead atoms. The van der Waals surface area contributed by atoms with Crippen LogP contribution < -0.4 is 10.6 Å². The first-order valence-electron chi connectivity index (χ1n) is 8.81. The Hall–Kier alpha value is -2.00. The number of amides is 2. The van der Waals surface area contributed by atoms with Crippen LogP contribution in [0.3, 0.4) is 0 Å². The summed E-state index contributed by atoms with van der Waals surface area (Å²) in [5.74, 6) is -1.21. The summed E-state index contributed by atoms with van der Waals surface area (Å²) in [7, 11) is 0. The van der Waals surface area contributed by atoms with Crippen molar-refractivity contribution in [2.24, 2.45) is 5.92 Å². The van der Waals surface area contributed by atoms with E-state index in [9.17, 15) is 14.4 Å². The average molecular weight is 382 g/mol. The monoisotopic (exact) mass is 382 g/mol. The summed E-state index contributed by atoms with van der Waals surface area (Å²) in [6.45, 7) is 5.80. The molecule has 1 atom stereocenters. The Morgan fingerprint density at radius 1 is 1.35 bits per heavy atom. The lowest BCUT2D eigenvalue weighted by Gasteiger charge is -2.31. The number of nitrogens with zero attached hydrogens (tertiary/aromatic N) is 2. The third-order valence-corrected chi connectivity index (χ3v) is 5.37. The maximum absolute atomic E-state index is 12.2. The number of hydrogen-bond acceptors (Lipinski definition) is 6. The normalized spacial score (nSPS) is 17.7. The Bertz CT molecular complexity index is 642. The van der Waals surface area contributed by atoms with Crippen molar-refractivity contribution in [3.8, 4) is 0 Å². The van der Waals surface area contributed by atoms with E-state index in [1.165, 1.54) is 11.3 Å². The molecule has 1 aliphatic heterocycles. The summed E-state index contributed by atoms with van der Waals surface area (Å²) < 4.78 is 0. The molecule has 1 aliphatic rings. The van der Waals surface area contributed by atoms with Gasteiger partial charge in [0.15, 0.2) is 5.13 Å². The molecule has 1 saturated heterocycles. The van der Waals surface area contributed by atoms with E-state index in [0.717, 1.165) is 30.0 Å². The zero-order valence-electron chi connectivity index (χ0n) is 15.2. The Morgan fingerprint density at radius 2 is 2.12 bits per heavy atom. The van der Waals surface area contributed by atoms with E-state index in [1.807, 2.05) is 18.7 Å². The van der Waals surface area contributed by atoms with Crippen molar-refractivity contribution in [1.82, 2.24) is 15.2 Å². The van der Waals surface area contributed by atoms with Crippen molar-refractivity contribution >= 4 is 34.3 Å². The molecule has 1 aromatic heterocycles.